The van der Waals surface area contributed by atoms with Gasteiger partial charge in [-0.05, 0) is 109 Å². The van der Waals surface area contributed by atoms with Crippen molar-refractivity contribution in [3.05, 3.63) is 11.6 Å². The molecule has 0 aliphatic heterocycles. The first-order valence-corrected chi connectivity index (χ1v) is 14.6. The van der Waals surface area contributed by atoms with Gasteiger partial charge in [-0.2, -0.15) is 0 Å². The molecule has 2 heteroatoms. The van der Waals surface area contributed by atoms with Crippen molar-refractivity contribution in [2.45, 2.75) is 126 Å². The summed E-state index contributed by atoms with van der Waals surface area (Å²) in [5.74, 6) is 3.66. The van der Waals surface area contributed by atoms with Crippen molar-refractivity contribution in [2.75, 3.05) is 0 Å². The van der Waals surface area contributed by atoms with E-state index in [1.165, 1.54) is 51.4 Å². The Balaban J connectivity index is 1.54. The van der Waals surface area contributed by atoms with Crippen LogP contribution < -0.4 is 0 Å². The Morgan fingerprint density at radius 1 is 0.882 bits per heavy atom. The van der Waals surface area contributed by atoms with E-state index in [1.807, 2.05) is 5.57 Å². The van der Waals surface area contributed by atoms with Crippen molar-refractivity contribution in [3.8, 4) is 0 Å². The SMILES string of the molecule is CC(=O)O[C@H]1CC[C@@]2(C)[C@@H](CC[C@@]3(C)[C@H]2CC=C2[C@@H]4[C@H](C)[C@H](C)CC[C@@]4(C)CC[C@]23C)C1(C)C. The molecule has 0 amide bonds. The highest BCUT2D eigenvalue weighted by Gasteiger charge is 2.68. The van der Waals surface area contributed by atoms with E-state index in [0.717, 1.165) is 30.1 Å². The lowest BCUT2D eigenvalue weighted by Crippen LogP contribution is -2.65. The lowest BCUT2D eigenvalue weighted by atomic mass is 9.33. The van der Waals surface area contributed by atoms with Gasteiger partial charge in [0.25, 0.3) is 0 Å². The molecule has 0 unspecified atom stereocenters. The van der Waals surface area contributed by atoms with E-state index in [4.69, 9.17) is 4.74 Å². The second-order valence-corrected chi connectivity index (χ2v) is 15.3. The van der Waals surface area contributed by atoms with Crippen LogP contribution in [0.3, 0.4) is 0 Å². The molecular weight excluding hydrogens is 416 g/mol. The first-order chi connectivity index (χ1) is 15.7. The average Bonchev–Trinajstić information content (AvgIpc) is 2.74. The third-order valence-electron chi connectivity index (χ3n) is 13.6. The summed E-state index contributed by atoms with van der Waals surface area (Å²) < 4.78 is 5.91. The van der Waals surface area contributed by atoms with Gasteiger partial charge in [-0.3, -0.25) is 4.79 Å². The van der Waals surface area contributed by atoms with Crippen LogP contribution in [0.5, 0.6) is 0 Å². The summed E-state index contributed by atoms with van der Waals surface area (Å²) in [5.41, 5.74) is 3.44. The maximum Gasteiger partial charge on any atom is 0.302 e. The molecule has 0 aromatic heterocycles. The van der Waals surface area contributed by atoms with Crippen molar-refractivity contribution in [1.82, 2.24) is 0 Å². The maximum atomic E-state index is 11.9. The summed E-state index contributed by atoms with van der Waals surface area (Å²) in [6.45, 7) is 22.1. The zero-order valence-electron chi connectivity index (χ0n) is 23.7. The zero-order chi connectivity index (χ0) is 24.9. The first-order valence-electron chi connectivity index (χ1n) is 14.6. The molecule has 5 aliphatic carbocycles. The largest absolute Gasteiger partial charge is 0.462 e. The fourth-order valence-corrected chi connectivity index (χ4v) is 11.2. The second-order valence-electron chi connectivity index (χ2n) is 15.3. The van der Waals surface area contributed by atoms with Gasteiger partial charge in [0, 0.05) is 12.3 Å². The summed E-state index contributed by atoms with van der Waals surface area (Å²) in [5, 5.41) is 0. The minimum Gasteiger partial charge on any atom is -0.462 e. The predicted octanol–water partition coefficient (Wildman–Crippen LogP) is 8.60. The van der Waals surface area contributed by atoms with Crippen LogP contribution in [-0.4, -0.2) is 12.1 Å². The summed E-state index contributed by atoms with van der Waals surface area (Å²) in [6.07, 6.45) is 14.6. The Hall–Kier alpha value is -0.790. The summed E-state index contributed by atoms with van der Waals surface area (Å²) in [7, 11) is 0. The molecule has 10 atom stereocenters. The molecule has 5 aliphatic rings. The van der Waals surface area contributed by atoms with Crippen LogP contribution in [0.2, 0.25) is 0 Å². The van der Waals surface area contributed by atoms with Crippen LogP contribution in [-0.2, 0) is 9.53 Å². The smallest absolute Gasteiger partial charge is 0.302 e. The average molecular weight is 469 g/mol. The Bertz CT molecular complexity index is 885. The van der Waals surface area contributed by atoms with E-state index in [0.29, 0.717) is 27.6 Å². The van der Waals surface area contributed by atoms with Crippen molar-refractivity contribution in [1.29, 1.82) is 0 Å². The first kappa shape index (κ1) is 24.9. The second kappa shape index (κ2) is 7.61. The van der Waals surface area contributed by atoms with Crippen LogP contribution in [0.1, 0.15) is 120 Å². The van der Waals surface area contributed by atoms with E-state index in [-0.39, 0.29) is 17.5 Å². The van der Waals surface area contributed by atoms with Gasteiger partial charge in [-0.1, -0.05) is 67.0 Å². The fraction of sp³-hybridized carbons (Fsp3) is 0.906. The monoisotopic (exact) mass is 468 g/mol. The van der Waals surface area contributed by atoms with Crippen molar-refractivity contribution in [3.63, 3.8) is 0 Å². The van der Waals surface area contributed by atoms with Gasteiger partial charge < -0.3 is 4.74 Å². The third kappa shape index (κ3) is 3.08. The molecule has 0 radical (unpaired) electrons. The number of fused-ring (bicyclic) bond motifs is 7. The van der Waals surface area contributed by atoms with Crippen LogP contribution in [0, 0.1) is 56.7 Å². The highest BCUT2D eigenvalue weighted by molar-refractivity contribution is 5.66. The van der Waals surface area contributed by atoms with Gasteiger partial charge in [-0.25, -0.2) is 0 Å². The lowest BCUT2D eigenvalue weighted by Gasteiger charge is -2.71. The molecule has 0 aromatic rings. The Kier molecular flexibility index (Phi) is 5.57. The van der Waals surface area contributed by atoms with E-state index in [2.05, 4.69) is 61.5 Å². The minimum atomic E-state index is -0.110. The topological polar surface area (TPSA) is 26.3 Å². The fourth-order valence-electron chi connectivity index (χ4n) is 11.2. The predicted molar refractivity (Wildman–Crippen MR) is 140 cm³/mol. The lowest BCUT2D eigenvalue weighted by molar-refractivity contribution is -0.212. The van der Waals surface area contributed by atoms with E-state index >= 15 is 0 Å². The molecule has 4 fully saturated rings. The summed E-state index contributed by atoms with van der Waals surface area (Å²) in [6, 6.07) is 0. The van der Waals surface area contributed by atoms with Gasteiger partial charge in [0.1, 0.15) is 6.10 Å². The minimum absolute atomic E-state index is 0.0450. The van der Waals surface area contributed by atoms with Gasteiger partial charge >= 0.3 is 5.97 Å². The highest BCUT2D eigenvalue weighted by Crippen LogP contribution is 2.75. The molecule has 34 heavy (non-hydrogen) atoms. The van der Waals surface area contributed by atoms with Crippen molar-refractivity contribution in [2.24, 2.45) is 56.7 Å². The van der Waals surface area contributed by atoms with Crippen LogP contribution in [0.15, 0.2) is 11.6 Å². The molecule has 0 saturated heterocycles. The number of hydrogen-bond donors (Lipinski definition) is 0. The number of rotatable bonds is 1. The molecule has 192 valence electrons. The van der Waals surface area contributed by atoms with E-state index < -0.39 is 0 Å². The summed E-state index contributed by atoms with van der Waals surface area (Å²) >= 11 is 0. The molecule has 0 N–H and O–H groups in total. The van der Waals surface area contributed by atoms with Crippen LogP contribution in [0.25, 0.3) is 0 Å². The van der Waals surface area contributed by atoms with Crippen molar-refractivity contribution < 1.29 is 9.53 Å². The molecule has 0 bridgehead atoms. The zero-order valence-corrected chi connectivity index (χ0v) is 23.7. The van der Waals surface area contributed by atoms with Crippen LogP contribution in [0.4, 0.5) is 0 Å². The standard InChI is InChI=1S/C32H52O2/c1-20-12-15-29(6)18-19-31(8)23(27(29)21(20)2)10-11-25-30(7)16-14-26(34-22(3)33)28(4,5)24(30)13-17-32(25,31)9/h10,20-21,24-27H,11-19H2,1-9H3/t20-,21-,24+,25+,26+,27+,29+,30+,31-,32+/m1/s1. The quantitative estimate of drug-likeness (QED) is 0.284. The summed E-state index contributed by atoms with van der Waals surface area (Å²) in [4.78, 5) is 11.9. The number of carbonyl (C=O) groups excluding carboxylic acids is 1. The van der Waals surface area contributed by atoms with Gasteiger partial charge in [-0.15, -0.1) is 0 Å². The van der Waals surface area contributed by atoms with Gasteiger partial charge in [0.2, 0.25) is 0 Å². The Morgan fingerprint density at radius 2 is 1.59 bits per heavy atom. The van der Waals surface area contributed by atoms with Gasteiger partial charge in [0.05, 0.1) is 0 Å². The highest BCUT2D eigenvalue weighted by atomic mass is 16.5. The molecule has 0 heterocycles. The molecule has 0 spiro atoms. The van der Waals surface area contributed by atoms with E-state index in [9.17, 15) is 4.79 Å². The van der Waals surface area contributed by atoms with Crippen molar-refractivity contribution >= 4 is 5.97 Å². The van der Waals surface area contributed by atoms with Gasteiger partial charge in [0.15, 0.2) is 0 Å². The Morgan fingerprint density at radius 3 is 2.26 bits per heavy atom. The maximum absolute atomic E-state index is 11.9. The Labute approximate surface area is 210 Å². The molecule has 2 nitrogen and oxygen atoms in total. The molecule has 4 saturated carbocycles. The third-order valence-corrected chi connectivity index (χ3v) is 13.6. The molecule has 5 rings (SSSR count). The normalized spacial score (nSPS) is 54.0. The number of carbonyl (C=O) groups is 1. The van der Waals surface area contributed by atoms with E-state index in [1.54, 1.807) is 6.92 Å². The number of ether oxygens (including phenoxy) is 1. The number of allylic oxidation sites excluding steroid dienone is 2. The number of esters is 1. The van der Waals surface area contributed by atoms with Crippen LogP contribution >= 0.6 is 0 Å². The molecular formula is C32H52O2. The molecule has 0 aromatic carbocycles. The number of hydrogen-bond acceptors (Lipinski definition) is 2.